The van der Waals surface area contributed by atoms with Crippen LogP contribution in [0.3, 0.4) is 0 Å². The Morgan fingerprint density at radius 3 is 2.61 bits per heavy atom. The average Bonchev–Trinajstić information content (AvgIpc) is 2.38. The Hall–Kier alpha value is -1.77. The van der Waals surface area contributed by atoms with Crippen LogP contribution < -0.4 is 11.5 Å². The Morgan fingerprint density at radius 2 is 1.83 bits per heavy atom. The number of anilines is 2. The number of benzene rings is 1. The molecule has 0 amide bonds. The highest BCUT2D eigenvalue weighted by Gasteiger charge is 2.09. The van der Waals surface area contributed by atoms with Crippen molar-refractivity contribution >= 4 is 22.4 Å². The largest absolute Gasteiger partial charge is 0.396 e. The number of para-hydroxylation sites is 1. The van der Waals surface area contributed by atoms with Crippen LogP contribution >= 0.6 is 0 Å². The first-order chi connectivity index (χ1) is 8.74. The summed E-state index contributed by atoms with van der Waals surface area (Å²) in [6.07, 6.45) is 5.91. The molecular formula is C15H21N3. The number of fused-ring (bicyclic) bond motifs is 1. The molecule has 0 saturated heterocycles. The summed E-state index contributed by atoms with van der Waals surface area (Å²) >= 11 is 0. The van der Waals surface area contributed by atoms with Crippen LogP contribution in [0.2, 0.25) is 0 Å². The lowest BCUT2D eigenvalue weighted by Gasteiger charge is -2.11. The molecule has 0 atom stereocenters. The second-order valence-electron chi connectivity index (χ2n) is 4.72. The highest BCUT2D eigenvalue weighted by atomic mass is 14.9. The van der Waals surface area contributed by atoms with Crippen molar-refractivity contribution in [2.75, 3.05) is 11.5 Å². The molecule has 0 spiro atoms. The van der Waals surface area contributed by atoms with Crippen molar-refractivity contribution < 1.29 is 0 Å². The number of aromatic nitrogens is 1. The third-order valence-corrected chi connectivity index (χ3v) is 3.35. The first kappa shape index (κ1) is 12.7. The van der Waals surface area contributed by atoms with Crippen molar-refractivity contribution in [1.29, 1.82) is 0 Å². The fourth-order valence-electron chi connectivity index (χ4n) is 2.31. The minimum absolute atomic E-state index is 0.458. The molecule has 96 valence electrons. The monoisotopic (exact) mass is 243 g/mol. The fraction of sp³-hybridized carbons (Fsp3) is 0.400. The SMILES string of the molecule is CCCCCCc1c(N)c(N)nc2ccccc12. The van der Waals surface area contributed by atoms with Crippen molar-refractivity contribution in [3.05, 3.63) is 29.8 Å². The maximum absolute atomic E-state index is 6.08. The van der Waals surface area contributed by atoms with Gasteiger partial charge in [-0.05, 0) is 24.5 Å². The number of hydrogen-bond acceptors (Lipinski definition) is 3. The van der Waals surface area contributed by atoms with Crippen molar-refractivity contribution in [1.82, 2.24) is 4.98 Å². The quantitative estimate of drug-likeness (QED) is 0.790. The molecule has 1 heterocycles. The van der Waals surface area contributed by atoms with Crippen LogP contribution in [-0.2, 0) is 6.42 Å². The Balaban J connectivity index is 2.31. The van der Waals surface area contributed by atoms with Crippen LogP contribution in [-0.4, -0.2) is 4.98 Å². The summed E-state index contributed by atoms with van der Waals surface area (Å²) < 4.78 is 0. The van der Waals surface area contributed by atoms with Gasteiger partial charge in [-0.15, -0.1) is 0 Å². The smallest absolute Gasteiger partial charge is 0.147 e. The normalized spacial score (nSPS) is 10.9. The first-order valence-electron chi connectivity index (χ1n) is 6.66. The molecule has 0 aliphatic carbocycles. The zero-order chi connectivity index (χ0) is 13.0. The summed E-state index contributed by atoms with van der Waals surface area (Å²) in [4.78, 5) is 4.33. The molecule has 0 bridgehead atoms. The van der Waals surface area contributed by atoms with Gasteiger partial charge in [0.25, 0.3) is 0 Å². The van der Waals surface area contributed by atoms with Crippen LogP contribution in [0.25, 0.3) is 10.9 Å². The van der Waals surface area contributed by atoms with E-state index in [9.17, 15) is 0 Å². The van der Waals surface area contributed by atoms with Gasteiger partial charge in [-0.3, -0.25) is 0 Å². The molecule has 3 heteroatoms. The molecule has 0 aliphatic heterocycles. The summed E-state index contributed by atoms with van der Waals surface area (Å²) in [7, 11) is 0. The first-order valence-corrected chi connectivity index (χ1v) is 6.66. The molecule has 0 fully saturated rings. The van der Waals surface area contributed by atoms with Crippen LogP contribution in [0.15, 0.2) is 24.3 Å². The lowest BCUT2D eigenvalue weighted by molar-refractivity contribution is 0.669. The summed E-state index contributed by atoms with van der Waals surface area (Å²) in [5, 5.41) is 1.14. The van der Waals surface area contributed by atoms with Gasteiger partial charge in [-0.2, -0.15) is 0 Å². The van der Waals surface area contributed by atoms with Crippen LogP contribution in [0.5, 0.6) is 0 Å². The van der Waals surface area contributed by atoms with Gasteiger partial charge in [0.2, 0.25) is 0 Å². The topological polar surface area (TPSA) is 64.9 Å². The van der Waals surface area contributed by atoms with Crippen LogP contribution in [0.1, 0.15) is 38.2 Å². The van der Waals surface area contributed by atoms with Crippen molar-refractivity contribution in [2.24, 2.45) is 0 Å². The molecule has 1 aromatic heterocycles. The number of nitrogens with zero attached hydrogens (tertiary/aromatic N) is 1. The Morgan fingerprint density at radius 1 is 1.06 bits per heavy atom. The molecule has 2 rings (SSSR count). The van der Waals surface area contributed by atoms with E-state index in [-0.39, 0.29) is 0 Å². The Labute approximate surface area is 108 Å². The van der Waals surface area contributed by atoms with Gasteiger partial charge < -0.3 is 11.5 Å². The standard InChI is InChI=1S/C15H21N3/c1-2-3-4-5-9-12-11-8-6-7-10-13(11)18-15(17)14(12)16/h6-8,10H,2-5,9,16H2,1H3,(H2,17,18). The minimum atomic E-state index is 0.458. The number of unbranched alkanes of at least 4 members (excludes halogenated alkanes) is 3. The second-order valence-corrected chi connectivity index (χ2v) is 4.72. The van der Waals surface area contributed by atoms with Crippen molar-refractivity contribution in [3.63, 3.8) is 0 Å². The summed E-state index contributed by atoms with van der Waals surface area (Å²) in [5.41, 5.74) is 14.7. The Bertz CT molecular complexity index is 534. The maximum Gasteiger partial charge on any atom is 0.147 e. The predicted molar refractivity (Wildman–Crippen MR) is 78.4 cm³/mol. The third-order valence-electron chi connectivity index (χ3n) is 3.35. The van der Waals surface area contributed by atoms with Crippen LogP contribution in [0, 0.1) is 0 Å². The van der Waals surface area contributed by atoms with E-state index in [2.05, 4.69) is 18.0 Å². The maximum atomic E-state index is 6.08. The zero-order valence-corrected chi connectivity index (χ0v) is 10.9. The van der Waals surface area contributed by atoms with E-state index in [0.29, 0.717) is 11.5 Å². The van der Waals surface area contributed by atoms with E-state index in [0.717, 1.165) is 29.3 Å². The number of aryl methyl sites for hydroxylation is 1. The highest BCUT2D eigenvalue weighted by Crippen LogP contribution is 2.28. The van der Waals surface area contributed by atoms with Crippen molar-refractivity contribution in [2.45, 2.75) is 39.0 Å². The van der Waals surface area contributed by atoms with E-state index in [1.165, 1.54) is 19.3 Å². The second kappa shape index (κ2) is 5.71. The van der Waals surface area contributed by atoms with E-state index in [1.54, 1.807) is 0 Å². The van der Waals surface area contributed by atoms with Gasteiger partial charge in [0.1, 0.15) is 5.82 Å². The minimum Gasteiger partial charge on any atom is -0.396 e. The van der Waals surface area contributed by atoms with E-state index < -0.39 is 0 Å². The van der Waals surface area contributed by atoms with E-state index >= 15 is 0 Å². The molecule has 2 aromatic rings. The van der Waals surface area contributed by atoms with Gasteiger partial charge in [0.15, 0.2) is 0 Å². The molecule has 3 nitrogen and oxygen atoms in total. The fourth-order valence-corrected chi connectivity index (χ4v) is 2.31. The number of hydrogen-bond donors (Lipinski definition) is 2. The molecule has 18 heavy (non-hydrogen) atoms. The molecular weight excluding hydrogens is 222 g/mol. The number of pyridine rings is 1. The van der Waals surface area contributed by atoms with Gasteiger partial charge >= 0.3 is 0 Å². The molecule has 1 aromatic carbocycles. The van der Waals surface area contributed by atoms with E-state index in [1.807, 2.05) is 18.2 Å². The highest BCUT2D eigenvalue weighted by molar-refractivity contribution is 5.90. The van der Waals surface area contributed by atoms with Gasteiger partial charge in [0.05, 0.1) is 11.2 Å². The lowest BCUT2D eigenvalue weighted by Crippen LogP contribution is -2.04. The molecule has 0 radical (unpaired) electrons. The third kappa shape index (κ3) is 2.55. The van der Waals surface area contributed by atoms with Crippen molar-refractivity contribution in [3.8, 4) is 0 Å². The molecule has 0 saturated carbocycles. The number of rotatable bonds is 5. The number of nitrogen functional groups attached to an aromatic ring is 2. The van der Waals surface area contributed by atoms with Crippen LogP contribution in [0.4, 0.5) is 11.5 Å². The lowest BCUT2D eigenvalue weighted by atomic mass is 10.0. The average molecular weight is 243 g/mol. The predicted octanol–water partition coefficient (Wildman–Crippen LogP) is 3.52. The van der Waals surface area contributed by atoms with Gasteiger partial charge in [-0.1, -0.05) is 44.4 Å². The molecule has 0 unspecified atom stereocenters. The zero-order valence-electron chi connectivity index (χ0n) is 10.9. The summed E-state index contributed by atoms with van der Waals surface area (Å²) in [5.74, 6) is 0.458. The number of nitrogens with two attached hydrogens (primary N) is 2. The summed E-state index contributed by atoms with van der Waals surface area (Å²) in [6, 6.07) is 8.06. The molecule has 4 N–H and O–H groups in total. The van der Waals surface area contributed by atoms with E-state index in [4.69, 9.17) is 11.5 Å². The van der Waals surface area contributed by atoms with Gasteiger partial charge in [0, 0.05) is 5.39 Å². The summed E-state index contributed by atoms with van der Waals surface area (Å²) in [6.45, 7) is 2.22. The van der Waals surface area contributed by atoms with Gasteiger partial charge in [-0.25, -0.2) is 4.98 Å². The Kier molecular flexibility index (Phi) is 4.03. The molecule has 0 aliphatic rings.